The number of halogens is 3. The van der Waals surface area contributed by atoms with Crippen LogP contribution in [-0.4, -0.2) is 72.3 Å². The number of carbonyl (C=O) groups is 3. The number of likely N-dealkylation sites (N-methyl/N-ethyl adjacent to an activating group) is 1. The third-order valence-corrected chi connectivity index (χ3v) is 8.10. The molecular weight excluding hydrogens is 552 g/mol. The minimum Gasteiger partial charge on any atom is -0.349 e. The van der Waals surface area contributed by atoms with Gasteiger partial charge in [0.2, 0.25) is 5.91 Å². The number of benzene rings is 1. The van der Waals surface area contributed by atoms with Gasteiger partial charge in [0.25, 0.3) is 11.8 Å². The highest BCUT2D eigenvalue weighted by Crippen LogP contribution is 2.28. The van der Waals surface area contributed by atoms with E-state index < -0.39 is 23.8 Å². The summed E-state index contributed by atoms with van der Waals surface area (Å²) in [6, 6.07) is 5.37. The van der Waals surface area contributed by atoms with E-state index in [0.29, 0.717) is 34.9 Å². The standard InChI is InChI=1S/C26H31ClFN5O3S.ClH/c1-32(2)26(36)16-6-9-19(29-23(34)18(28)12-15-4-7-17(27)8-5-15)21(13-16)30-24(35)25-31-20-10-11-33(3)14-22(20)37-25;/h4-5,7-8,12,16,19,21H,6,9-11,13-14H2,1-3H3,(H,29,34)(H,30,35);1H/b18-12+;/t16-,19-,21+;/m0./s1. The van der Waals surface area contributed by atoms with Gasteiger partial charge in [-0.2, -0.15) is 0 Å². The van der Waals surface area contributed by atoms with Crippen LogP contribution in [0, 0.1) is 5.92 Å². The van der Waals surface area contributed by atoms with Gasteiger partial charge < -0.3 is 20.4 Å². The van der Waals surface area contributed by atoms with E-state index in [-0.39, 0.29) is 30.1 Å². The van der Waals surface area contributed by atoms with Gasteiger partial charge in [-0.1, -0.05) is 23.7 Å². The highest BCUT2D eigenvalue weighted by atomic mass is 35.5. The number of aromatic nitrogens is 1. The molecule has 0 unspecified atom stereocenters. The van der Waals surface area contributed by atoms with Crippen LogP contribution in [0.15, 0.2) is 30.1 Å². The van der Waals surface area contributed by atoms with Crippen molar-refractivity contribution >= 4 is 59.1 Å². The van der Waals surface area contributed by atoms with Crippen LogP contribution in [0.4, 0.5) is 4.39 Å². The average molecular weight is 585 g/mol. The van der Waals surface area contributed by atoms with Crippen LogP contribution in [0.25, 0.3) is 6.08 Å². The van der Waals surface area contributed by atoms with E-state index in [4.69, 9.17) is 11.6 Å². The molecule has 2 aromatic rings. The van der Waals surface area contributed by atoms with E-state index in [0.717, 1.165) is 36.2 Å². The lowest BCUT2D eigenvalue weighted by Gasteiger charge is -2.37. The van der Waals surface area contributed by atoms with Crippen LogP contribution in [0.2, 0.25) is 5.02 Å². The topological polar surface area (TPSA) is 94.6 Å². The summed E-state index contributed by atoms with van der Waals surface area (Å²) in [7, 11) is 5.41. The minimum absolute atomic E-state index is 0. The predicted molar refractivity (Wildman–Crippen MR) is 149 cm³/mol. The maximum absolute atomic E-state index is 14.7. The average Bonchev–Trinajstić information content (AvgIpc) is 3.29. The van der Waals surface area contributed by atoms with E-state index in [1.54, 1.807) is 38.4 Å². The van der Waals surface area contributed by atoms with Crippen molar-refractivity contribution in [2.24, 2.45) is 5.92 Å². The molecule has 1 aromatic carbocycles. The molecule has 2 heterocycles. The van der Waals surface area contributed by atoms with Gasteiger partial charge in [-0.25, -0.2) is 9.37 Å². The Bertz CT molecular complexity index is 1200. The van der Waals surface area contributed by atoms with Gasteiger partial charge in [0, 0.05) is 55.5 Å². The second kappa shape index (κ2) is 13.0. The van der Waals surface area contributed by atoms with Crippen LogP contribution in [-0.2, 0) is 22.6 Å². The third kappa shape index (κ3) is 7.31. The Labute approximate surface area is 237 Å². The van der Waals surface area contributed by atoms with Crippen molar-refractivity contribution in [1.29, 1.82) is 0 Å². The Morgan fingerprint density at radius 1 is 1.16 bits per heavy atom. The lowest BCUT2D eigenvalue weighted by atomic mass is 9.81. The van der Waals surface area contributed by atoms with Crippen LogP contribution in [0.5, 0.6) is 0 Å². The molecule has 4 rings (SSSR count). The molecule has 1 aromatic heterocycles. The summed E-state index contributed by atoms with van der Waals surface area (Å²) >= 11 is 7.23. The minimum atomic E-state index is -0.949. The van der Waals surface area contributed by atoms with Crippen molar-refractivity contribution in [2.45, 2.75) is 44.3 Å². The molecule has 1 fully saturated rings. The molecule has 8 nitrogen and oxygen atoms in total. The highest BCUT2D eigenvalue weighted by molar-refractivity contribution is 7.13. The zero-order chi connectivity index (χ0) is 26.7. The van der Waals surface area contributed by atoms with E-state index >= 15 is 0 Å². The second-order valence-electron chi connectivity index (χ2n) is 9.82. The van der Waals surface area contributed by atoms with E-state index in [2.05, 4.69) is 20.5 Å². The number of hydrogen-bond donors (Lipinski definition) is 2. The molecule has 1 aliphatic heterocycles. The number of nitrogens with one attached hydrogen (secondary N) is 2. The third-order valence-electron chi connectivity index (χ3n) is 6.77. The summed E-state index contributed by atoms with van der Waals surface area (Å²) in [5.74, 6) is -2.51. The van der Waals surface area contributed by atoms with Crippen molar-refractivity contribution in [2.75, 3.05) is 27.7 Å². The quantitative estimate of drug-likeness (QED) is 0.506. The molecule has 38 heavy (non-hydrogen) atoms. The van der Waals surface area contributed by atoms with Crippen molar-refractivity contribution in [3.8, 4) is 0 Å². The number of nitrogens with zero attached hydrogens (tertiary/aromatic N) is 3. The van der Waals surface area contributed by atoms with Crippen molar-refractivity contribution < 1.29 is 18.8 Å². The first-order valence-corrected chi connectivity index (χ1v) is 13.4. The van der Waals surface area contributed by atoms with E-state index in [9.17, 15) is 18.8 Å². The molecule has 3 amide bonds. The van der Waals surface area contributed by atoms with Crippen LogP contribution in [0.3, 0.4) is 0 Å². The molecular formula is C26H32Cl2FN5O3S. The number of thiazole rings is 1. The lowest BCUT2D eigenvalue weighted by Crippen LogP contribution is -2.56. The number of rotatable bonds is 6. The molecule has 0 bridgehead atoms. The molecule has 2 N–H and O–H groups in total. The second-order valence-corrected chi connectivity index (χ2v) is 11.3. The fraction of sp³-hybridized carbons (Fsp3) is 0.462. The molecule has 2 aliphatic rings. The van der Waals surface area contributed by atoms with Gasteiger partial charge in [0.15, 0.2) is 10.8 Å². The molecule has 0 saturated heterocycles. The molecule has 3 atom stereocenters. The number of hydrogen-bond acceptors (Lipinski definition) is 6. The van der Waals surface area contributed by atoms with Crippen LogP contribution < -0.4 is 10.6 Å². The Morgan fingerprint density at radius 2 is 1.87 bits per heavy atom. The summed E-state index contributed by atoms with van der Waals surface area (Å²) in [6.07, 6.45) is 3.21. The van der Waals surface area contributed by atoms with Gasteiger partial charge in [-0.05, 0) is 50.1 Å². The maximum atomic E-state index is 14.7. The van der Waals surface area contributed by atoms with Gasteiger partial charge in [0.1, 0.15) is 0 Å². The van der Waals surface area contributed by atoms with Crippen LogP contribution >= 0.6 is 35.3 Å². The monoisotopic (exact) mass is 583 g/mol. The summed E-state index contributed by atoms with van der Waals surface area (Å²) < 4.78 is 14.7. The van der Waals surface area contributed by atoms with E-state index in [1.807, 2.05) is 7.05 Å². The van der Waals surface area contributed by atoms with Gasteiger partial charge >= 0.3 is 0 Å². The zero-order valence-corrected chi connectivity index (χ0v) is 23.9. The van der Waals surface area contributed by atoms with Crippen molar-refractivity contribution in [3.63, 3.8) is 0 Å². The molecule has 12 heteroatoms. The Kier molecular flexibility index (Phi) is 10.3. The van der Waals surface area contributed by atoms with Gasteiger partial charge in [-0.15, -0.1) is 23.7 Å². The van der Waals surface area contributed by atoms with Crippen LogP contribution in [0.1, 0.15) is 45.2 Å². The molecule has 206 valence electrons. The molecule has 1 saturated carbocycles. The summed E-state index contributed by atoms with van der Waals surface area (Å²) in [5, 5.41) is 6.59. The lowest BCUT2D eigenvalue weighted by molar-refractivity contribution is -0.134. The fourth-order valence-electron chi connectivity index (χ4n) is 4.75. The highest BCUT2D eigenvalue weighted by Gasteiger charge is 2.37. The van der Waals surface area contributed by atoms with Crippen molar-refractivity contribution in [3.05, 3.63) is 56.3 Å². The van der Waals surface area contributed by atoms with E-state index in [1.165, 1.54) is 16.2 Å². The largest absolute Gasteiger partial charge is 0.349 e. The van der Waals surface area contributed by atoms with Gasteiger partial charge in [-0.3, -0.25) is 14.4 Å². The maximum Gasteiger partial charge on any atom is 0.280 e. The zero-order valence-electron chi connectivity index (χ0n) is 21.5. The normalized spacial score (nSPS) is 21.6. The number of amides is 3. The number of carbonyl (C=O) groups excluding carboxylic acids is 3. The fourth-order valence-corrected chi connectivity index (χ4v) is 5.97. The van der Waals surface area contributed by atoms with Gasteiger partial charge in [0.05, 0.1) is 11.7 Å². The Balaban J connectivity index is 0.00000400. The first-order chi connectivity index (χ1) is 17.6. The first-order valence-electron chi connectivity index (χ1n) is 12.2. The smallest absolute Gasteiger partial charge is 0.280 e. The number of fused-ring (bicyclic) bond motifs is 1. The molecule has 0 spiro atoms. The SMILES string of the molecule is CN1CCc2nc(C(=O)N[C@@H]3C[C@@H](C(=O)N(C)C)CC[C@@H]3NC(=O)/C(F)=C\c3ccc(Cl)cc3)sc2C1.Cl. The Morgan fingerprint density at radius 3 is 2.55 bits per heavy atom. The van der Waals surface area contributed by atoms with Crippen molar-refractivity contribution in [1.82, 2.24) is 25.4 Å². The molecule has 1 aliphatic carbocycles. The predicted octanol–water partition coefficient (Wildman–Crippen LogP) is 3.69. The summed E-state index contributed by atoms with van der Waals surface area (Å²) in [6.45, 7) is 1.64. The summed E-state index contributed by atoms with van der Waals surface area (Å²) in [5.41, 5.74) is 1.44. The summed E-state index contributed by atoms with van der Waals surface area (Å²) in [4.78, 5) is 47.8. The first kappa shape index (κ1) is 30.0. The Hall–Kier alpha value is -2.53. The molecule has 0 radical (unpaired) electrons.